The highest BCUT2D eigenvalue weighted by Crippen LogP contribution is 2.30. The number of nitrogens with two attached hydrogens (primary N) is 1. The molecule has 0 atom stereocenters. The number of hydrazone groups is 1. The zero-order valence-electron chi connectivity index (χ0n) is 13.3. The van der Waals surface area contributed by atoms with Crippen LogP contribution in [0.25, 0.3) is 0 Å². The van der Waals surface area contributed by atoms with E-state index in [4.69, 9.17) is 26.9 Å². The molecule has 3 rings (SSSR count). The number of aryl methyl sites for hydroxylation is 2. The third-order valence-corrected chi connectivity index (χ3v) is 3.79. The van der Waals surface area contributed by atoms with Crippen LogP contribution in [0.3, 0.4) is 0 Å². The van der Waals surface area contributed by atoms with E-state index in [0.717, 1.165) is 41.9 Å². The molecular formula is C15H17N5O3S. The van der Waals surface area contributed by atoms with Crippen LogP contribution in [0, 0.1) is 13.8 Å². The number of thiocarbonyl (C=S) groups is 1. The second kappa shape index (κ2) is 6.44. The third kappa shape index (κ3) is 3.16. The van der Waals surface area contributed by atoms with Crippen molar-refractivity contribution in [2.24, 2.45) is 10.8 Å². The molecule has 2 heterocycles. The fraction of sp³-hybridized carbons (Fsp3) is 0.333. The first kappa shape index (κ1) is 16.2. The van der Waals surface area contributed by atoms with E-state index < -0.39 is 0 Å². The molecule has 0 bridgehead atoms. The zero-order chi connectivity index (χ0) is 17.3. The minimum atomic E-state index is -0.378. The van der Waals surface area contributed by atoms with Gasteiger partial charge in [0.05, 0.1) is 5.71 Å². The maximum absolute atomic E-state index is 12.5. The molecular weight excluding hydrogens is 330 g/mol. The van der Waals surface area contributed by atoms with Gasteiger partial charge in [-0.05, 0) is 38.9 Å². The summed E-state index contributed by atoms with van der Waals surface area (Å²) in [6.45, 7) is 3.57. The monoisotopic (exact) mass is 347 g/mol. The molecule has 24 heavy (non-hydrogen) atoms. The van der Waals surface area contributed by atoms with Crippen LogP contribution in [0.5, 0.6) is 0 Å². The molecule has 0 spiro atoms. The van der Waals surface area contributed by atoms with Crippen molar-refractivity contribution in [1.82, 2.24) is 10.6 Å². The van der Waals surface area contributed by atoms with Gasteiger partial charge in [-0.15, -0.1) is 0 Å². The van der Waals surface area contributed by atoms with Crippen LogP contribution < -0.4 is 16.5 Å². The number of carbonyl (C=O) groups is 1. The number of nitrogens with zero attached hydrogens (tertiary/aromatic N) is 2. The summed E-state index contributed by atoms with van der Waals surface area (Å²) in [6, 6.07) is 1.63. The quantitative estimate of drug-likeness (QED) is 0.574. The Bertz CT molecular complexity index is 836. The summed E-state index contributed by atoms with van der Waals surface area (Å²) in [5.74, 6) is 1.56. The number of rotatable bonds is 3. The lowest BCUT2D eigenvalue weighted by molar-refractivity contribution is 0.0993. The van der Waals surface area contributed by atoms with E-state index in [9.17, 15) is 4.79 Å². The molecule has 0 fully saturated rings. The number of hydrogen-bond acceptors (Lipinski definition) is 6. The number of aromatic nitrogens is 1. The van der Waals surface area contributed by atoms with Gasteiger partial charge in [0.15, 0.2) is 16.7 Å². The van der Waals surface area contributed by atoms with Crippen molar-refractivity contribution < 1.29 is 13.7 Å². The van der Waals surface area contributed by atoms with Crippen molar-refractivity contribution >= 4 is 34.8 Å². The summed E-state index contributed by atoms with van der Waals surface area (Å²) in [5, 5.41) is 10.7. The van der Waals surface area contributed by atoms with Gasteiger partial charge in [0, 0.05) is 23.6 Å². The van der Waals surface area contributed by atoms with Crippen molar-refractivity contribution in [1.29, 1.82) is 0 Å². The fourth-order valence-corrected chi connectivity index (χ4v) is 2.76. The Kier molecular flexibility index (Phi) is 4.34. The summed E-state index contributed by atoms with van der Waals surface area (Å²) < 4.78 is 10.7. The number of hydrogen-bond donors (Lipinski definition) is 3. The summed E-state index contributed by atoms with van der Waals surface area (Å²) >= 11 is 4.77. The Hall–Kier alpha value is -2.68. The molecule has 2 aromatic rings. The van der Waals surface area contributed by atoms with E-state index in [1.807, 2.05) is 6.92 Å². The first-order valence-corrected chi connectivity index (χ1v) is 7.86. The van der Waals surface area contributed by atoms with Crippen molar-refractivity contribution in [3.05, 3.63) is 34.5 Å². The van der Waals surface area contributed by atoms with Crippen LogP contribution >= 0.6 is 12.2 Å². The number of fused-ring (bicyclic) bond motifs is 1. The number of amides is 1. The fourth-order valence-electron chi connectivity index (χ4n) is 2.72. The van der Waals surface area contributed by atoms with Gasteiger partial charge in [-0.3, -0.25) is 10.2 Å². The first-order chi connectivity index (χ1) is 11.5. The van der Waals surface area contributed by atoms with Gasteiger partial charge in [-0.2, -0.15) is 5.10 Å². The molecule has 9 heteroatoms. The number of furan rings is 1. The predicted octanol–water partition coefficient (Wildman–Crippen LogP) is 2.01. The van der Waals surface area contributed by atoms with Crippen LogP contribution in [-0.4, -0.2) is 21.9 Å². The number of nitrogens with one attached hydrogen (secondary N) is 2. The van der Waals surface area contributed by atoms with Crippen LogP contribution in [0.1, 0.15) is 46.0 Å². The average molecular weight is 347 g/mol. The normalized spacial score (nSPS) is 15.2. The van der Waals surface area contributed by atoms with Gasteiger partial charge in [0.25, 0.3) is 5.91 Å². The molecule has 126 valence electrons. The molecule has 1 amide bonds. The molecule has 4 N–H and O–H groups in total. The van der Waals surface area contributed by atoms with E-state index in [1.165, 1.54) is 0 Å². The van der Waals surface area contributed by atoms with Crippen molar-refractivity contribution in [3.63, 3.8) is 0 Å². The Morgan fingerprint density at radius 1 is 1.42 bits per heavy atom. The lowest BCUT2D eigenvalue weighted by Crippen LogP contribution is -2.26. The minimum Gasteiger partial charge on any atom is -0.455 e. The van der Waals surface area contributed by atoms with Gasteiger partial charge >= 0.3 is 0 Å². The second-order valence-corrected chi connectivity index (χ2v) is 5.96. The Balaban J connectivity index is 1.90. The van der Waals surface area contributed by atoms with Gasteiger partial charge in [-0.1, -0.05) is 5.16 Å². The standard InChI is InChI=1S/C15H17N5O3S/c1-7-6-11(20-23-7)17-14(21)13-8(2)12-9(18-19-15(16)24)4-3-5-10(12)22-13/h6H,3-5H2,1-2H3,(H3,16,19,24)(H,17,20,21)/b18-9+. The molecule has 2 aromatic heterocycles. The van der Waals surface area contributed by atoms with E-state index >= 15 is 0 Å². The van der Waals surface area contributed by atoms with Gasteiger partial charge in [0.1, 0.15) is 11.5 Å². The Labute approximate surface area is 143 Å². The smallest absolute Gasteiger partial charge is 0.292 e. The van der Waals surface area contributed by atoms with Crippen LogP contribution in [-0.2, 0) is 6.42 Å². The maximum Gasteiger partial charge on any atom is 0.292 e. The molecule has 8 nitrogen and oxygen atoms in total. The van der Waals surface area contributed by atoms with Gasteiger partial charge in [-0.25, -0.2) is 0 Å². The van der Waals surface area contributed by atoms with E-state index in [1.54, 1.807) is 13.0 Å². The summed E-state index contributed by atoms with van der Waals surface area (Å²) in [6.07, 6.45) is 2.38. The second-order valence-electron chi connectivity index (χ2n) is 5.52. The van der Waals surface area contributed by atoms with E-state index in [-0.39, 0.29) is 16.8 Å². The summed E-state index contributed by atoms with van der Waals surface area (Å²) in [4.78, 5) is 12.5. The van der Waals surface area contributed by atoms with Crippen LogP contribution in [0.15, 0.2) is 20.1 Å². The maximum atomic E-state index is 12.5. The van der Waals surface area contributed by atoms with Crippen molar-refractivity contribution in [3.8, 4) is 0 Å². The lowest BCUT2D eigenvalue weighted by Gasteiger charge is -2.13. The molecule has 0 unspecified atom stereocenters. The molecule has 0 aliphatic heterocycles. The molecule has 1 aliphatic carbocycles. The summed E-state index contributed by atoms with van der Waals surface area (Å²) in [5.41, 5.74) is 10.4. The average Bonchev–Trinajstić information content (AvgIpc) is 3.09. The topological polar surface area (TPSA) is 119 Å². The first-order valence-electron chi connectivity index (χ1n) is 7.45. The Morgan fingerprint density at radius 2 is 2.21 bits per heavy atom. The van der Waals surface area contributed by atoms with Crippen molar-refractivity contribution in [2.75, 3.05) is 5.32 Å². The van der Waals surface area contributed by atoms with Gasteiger partial charge < -0.3 is 20.0 Å². The highest BCUT2D eigenvalue weighted by molar-refractivity contribution is 7.80. The molecule has 0 radical (unpaired) electrons. The highest BCUT2D eigenvalue weighted by Gasteiger charge is 2.28. The molecule has 0 aromatic carbocycles. The largest absolute Gasteiger partial charge is 0.455 e. The van der Waals surface area contributed by atoms with Crippen molar-refractivity contribution in [2.45, 2.75) is 33.1 Å². The van der Waals surface area contributed by atoms with E-state index in [0.29, 0.717) is 11.6 Å². The molecule has 0 saturated carbocycles. The van der Waals surface area contributed by atoms with Crippen LogP contribution in [0.4, 0.5) is 5.82 Å². The minimum absolute atomic E-state index is 0.0927. The molecule has 0 saturated heterocycles. The number of carbonyl (C=O) groups excluding carboxylic acids is 1. The number of anilines is 1. The molecule has 1 aliphatic rings. The highest BCUT2D eigenvalue weighted by atomic mass is 32.1. The van der Waals surface area contributed by atoms with E-state index in [2.05, 4.69) is 21.0 Å². The lowest BCUT2D eigenvalue weighted by atomic mass is 9.93. The zero-order valence-corrected chi connectivity index (χ0v) is 14.1. The Morgan fingerprint density at radius 3 is 2.88 bits per heavy atom. The van der Waals surface area contributed by atoms with Gasteiger partial charge in [0.2, 0.25) is 0 Å². The van der Waals surface area contributed by atoms with Crippen LogP contribution in [0.2, 0.25) is 0 Å². The predicted molar refractivity (Wildman–Crippen MR) is 92.0 cm³/mol. The SMILES string of the molecule is Cc1cc(NC(=O)c2oc3c(c2C)/C(=N/NC(N)=S)CCC3)no1. The summed E-state index contributed by atoms with van der Waals surface area (Å²) in [7, 11) is 0. The third-order valence-electron chi connectivity index (χ3n) is 3.70.